The molecule has 1 saturated heterocycles. The summed E-state index contributed by atoms with van der Waals surface area (Å²) in [5, 5.41) is 4.43. The average molecular weight is 264 g/mol. The quantitative estimate of drug-likeness (QED) is 0.649. The van der Waals surface area contributed by atoms with Crippen LogP contribution in [-0.2, 0) is 10.0 Å². The number of nitrogens with one attached hydrogen (secondary N) is 2. The third-order valence-corrected chi connectivity index (χ3v) is 4.71. The van der Waals surface area contributed by atoms with Crippen molar-refractivity contribution in [3.8, 4) is 0 Å². The van der Waals surface area contributed by atoms with Crippen molar-refractivity contribution in [1.82, 2.24) is 20.1 Å². The molecule has 1 unspecified atom stereocenters. The zero-order valence-corrected chi connectivity index (χ0v) is 11.8. The van der Waals surface area contributed by atoms with Crippen molar-refractivity contribution in [1.29, 1.82) is 0 Å². The van der Waals surface area contributed by atoms with Gasteiger partial charge in [-0.2, -0.15) is 0 Å². The SMILES string of the molecule is CCNCC(C)S(=O)(=O)NN1CCN(C)CC1. The molecule has 1 aliphatic heterocycles. The minimum absolute atomic E-state index is 0.415. The van der Waals surface area contributed by atoms with Crippen LogP contribution in [0.3, 0.4) is 0 Å². The Labute approximate surface area is 104 Å². The lowest BCUT2D eigenvalue weighted by atomic mass is 10.4. The maximum absolute atomic E-state index is 12.0. The predicted octanol–water partition coefficient (Wildman–Crippen LogP) is -0.934. The highest BCUT2D eigenvalue weighted by atomic mass is 32.2. The molecule has 6 nitrogen and oxygen atoms in total. The van der Waals surface area contributed by atoms with Crippen LogP contribution in [0.1, 0.15) is 13.8 Å². The van der Waals surface area contributed by atoms with E-state index in [-0.39, 0.29) is 0 Å². The van der Waals surface area contributed by atoms with Crippen LogP contribution in [-0.4, -0.2) is 69.9 Å². The van der Waals surface area contributed by atoms with Crippen LogP contribution in [0, 0.1) is 0 Å². The van der Waals surface area contributed by atoms with Gasteiger partial charge in [-0.05, 0) is 20.5 Å². The maximum Gasteiger partial charge on any atom is 0.228 e. The molecule has 1 fully saturated rings. The molecule has 0 amide bonds. The van der Waals surface area contributed by atoms with E-state index in [1.54, 1.807) is 11.9 Å². The molecule has 1 rings (SSSR count). The highest BCUT2D eigenvalue weighted by Crippen LogP contribution is 2.02. The van der Waals surface area contributed by atoms with Crippen LogP contribution < -0.4 is 10.1 Å². The van der Waals surface area contributed by atoms with E-state index >= 15 is 0 Å². The van der Waals surface area contributed by atoms with Gasteiger partial charge in [0.2, 0.25) is 10.0 Å². The van der Waals surface area contributed by atoms with Gasteiger partial charge in [-0.3, -0.25) is 0 Å². The minimum Gasteiger partial charge on any atom is -0.316 e. The molecular formula is C10H24N4O2S. The number of hydrogen-bond donors (Lipinski definition) is 2. The van der Waals surface area contributed by atoms with Crippen LogP contribution >= 0.6 is 0 Å². The van der Waals surface area contributed by atoms with Gasteiger partial charge in [-0.25, -0.2) is 13.4 Å². The summed E-state index contributed by atoms with van der Waals surface area (Å²) >= 11 is 0. The number of rotatable bonds is 6. The van der Waals surface area contributed by atoms with Gasteiger partial charge in [0.1, 0.15) is 0 Å². The van der Waals surface area contributed by atoms with Crippen molar-refractivity contribution in [3.05, 3.63) is 0 Å². The van der Waals surface area contributed by atoms with E-state index < -0.39 is 15.3 Å². The first kappa shape index (κ1) is 14.8. The summed E-state index contributed by atoms with van der Waals surface area (Å²) in [4.78, 5) is 4.85. The molecule has 0 aromatic rings. The first-order valence-electron chi connectivity index (χ1n) is 6.11. The van der Waals surface area contributed by atoms with Gasteiger partial charge in [0.15, 0.2) is 0 Å². The Morgan fingerprint density at radius 3 is 2.35 bits per heavy atom. The summed E-state index contributed by atoms with van der Waals surface area (Å²) in [5.74, 6) is 0. The van der Waals surface area contributed by atoms with Crippen molar-refractivity contribution in [2.24, 2.45) is 0 Å². The van der Waals surface area contributed by atoms with Gasteiger partial charge in [0, 0.05) is 32.7 Å². The minimum atomic E-state index is -3.25. The molecular weight excluding hydrogens is 240 g/mol. The molecule has 0 aliphatic carbocycles. The molecule has 0 radical (unpaired) electrons. The smallest absolute Gasteiger partial charge is 0.228 e. The van der Waals surface area contributed by atoms with Crippen molar-refractivity contribution < 1.29 is 8.42 Å². The number of likely N-dealkylation sites (N-methyl/N-ethyl adjacent to an activating group) is 1. The largest absolute Gasteiger partial charge is 0.316 e. The second kappa shape index (κ2) is 6.65. The molecule has 0 saturated carbocycles. The van der Waals surface area contributed by atoms with E-state index in [1.807, 2.05) is 14.0 Å². The van der Waals surface area contributed by atoms with Gasteiger partial charge < -0.3 is 10.2 Å². The Hall–Kier alpha value is -0.210. The van der Waals surface area contributed by atoms with Crippen LogP contribution in [0.15, 0.2) is 0 Å². The third kappa shape index (κ3) is 4.89. The number of piperazine rings is 1. The average Bonchev–Trinajstić information content (AvgIpc) is 2.28. The topological polar surface area (TPSA) is 64.7 Å². The molecule has 1 heterocycles. The van der Waals surface area contributed by atoms with Crippen molar-refractivity contribution in [2.45, 2.75) is 19.1 Å². The van der Waals surface area contributed by atoms with Gasteiger partial charge in [-0.1, -0.05) is 6.92 Å². The molecule has 7 heteroatoms. The lowest BCUT2D eigenvalue weighted by Crippen LogP contribution is -2.54. The van der Waals surface area contributed by atoms with E-state index in [1.165, 1.54) is 0 Å². The molecule has 1 aliphatic rings. The Morgan fingerprint density at radius 2 is 1.82 bits per heavy atom. The summed E-state index contributed by atoms with van der Waals surface area (Å²) in [5.41, 5.74) is 0. The number of hydrazine groups is 1. The first-order valence-corrected chi connectivity index (χ1v) is 7.66. The molecule has 2 N–H and O–H groups in total. The highest BCUT2D eigenvalue weighted by molar-refractivity contribution is 7.90. The number of hydrogen-bond acceptors (Lipinski definition) is 5. The maximum atomic E-state index is 12.0. The fraction of sp³-hybridized carbons (Fsp3) is 1.00. The Kier molecular flexibility index (Phi) is 5.81. The third-order valence-electron chi connectivity index (χ3n) is 2.97. The van der Waals surface area contributed by atoms with Crippen LogP contribution in [0.25, 0.3) is 0 Å². The monoisotopic (exact) mass is 264 g/mol. The van der Waals surface area contributed by atoms with Gasteiger partial charge in [-0.15, -0.1) is 4.83 Å². The van der Waals surface area contributed by atoms with E-state index in [0.717, 1.165) is 32.7 Å². The van der Waals surface area contributed by atoms with E-state index in [2.05, 4.69) is 15.0 Å². The molecule has 0 aromatic heterocycles. The summed E-state index contributed by atoms with van der Waals surface area (Å²) < 4.78 is 24.0. The second-order valence-electron chi connectivity index (χ2n) is 4.54. The summed E-state index contributed by atoms with van der Waals surface area (Å²) in [7, 11) is -1.21. The zero-order chi connectivity index (χ0) is 12.9. The Morgan fingerprint density at radius 1 is 1.24 bits per heavy atom. The molecule has 102 valence electrons. The molecule has 17 heavy (non-hydrogen) atoms. The molecule has 0 spiro atoms. The Bertz CT molecular complexity index is 312. The van der Waals surface area contributed by atoms with Crippen molar-refractivity contribution in [2.75, 3.05) is 46.3 Å². The number of sulfonamides is 1. The van der Waals surface area contributed by atoms with Crippen molar-refractivity contribution in [3.63, 3.8) is 0 Å². The van der Waals surface area contributed by atoms with Gasteiger partial charge in [0.25, 0.3) is 0 Å². The fourth-order valence-electron chi connectivity index (χ4n) is 1.62. The van der Waals surface area contributed by atoms with Gasteiger partial charge in [0.05, 0.1) is 5.25 Å². The van der Waals surface area contributed by atoms with E-state index in [0.29, 0.717) is 6.54 Å². The van der Waals surface area contributed by atoms with Crippen LogP contribution in [0.5, 0.6) is 0 Å². The van der Waals surface area contributed by atoms with Gasteiger partial charge >= 0.3 is 0 Å². The number of nitrogens with zero attached hydrogens (tertiary/aromatic N) is 2. The first-order chi connectivity index (χ1) is 7.95. The standard InChI is InChI=1S/C10H24N4O2S/c1-4-11-9-10(2)17(15,16)12-14-7-5-13(3)6-8-14/h10-12H,4-9H2,1-3H3. The molecule has 0 bridgehead atoms. The van der Waals surface area contributed by atoms with Crippen LogP contribution in [0.2, 0.25) is 0 Å². The highest BCUT2D eigenvalue weighted by Gasteiger charge is 2.24. The second-order valence-corrected chi connectivity index (χ2v) is 6.62. The summed E-state index contributed by atoms with van der Waals surface area (Å²) in [6.45, 7) is 8.23. The van der Waals surface area contributed by atoms with Crippen LogP contribution in [0.4, 0.5) is 0 Å². The van der Waals surface area contributed by atoms with Crippen molar-refractivity contribution >= 4 is 10.0 Å². The Balaban J connectivity index is 2.43. The molecule has 0 aromatic carbocycles. The summed E-state index contributed by atoms with van der Waals surface area (Å²) in [6.07, 6.45) is 0. The normalized spacial score (nSPS) is 21.6. The fourth-order valence-corrected chi connectivity index (χ4v) is 2.68. The molecule has 1 atom stereocenters. The lowest BCUT2D eigenvalue weighted by molar-refractivity contribution is 0.134. The van der Waals surface area contributed by atoms with E-state index in [9.17, 15) is 8.42 Å². The lowest BCUT2D eigenvalue weighted by Gasteiger charge is -2.32. The predicted molar refractivity (Wildman–Crippen MR) is 69.1 cm³/mol. The van der Waals surface area contributed by atoms with E-state index in [4.69, 9.17) is 0 Å². The zero-order valence-electron chi connectivity index (χ0n) is 10.9. The summed E-state index contributed by atoms with van der Waals surface area (Å²) in [6, 6.07) is 0.